The molecule has 0 saturated carbocycles. The molecule has 1 aliphatic heterocycles. The van der Waals surface area contributed by atoms with Gasteiger partial charge in [0.1, 0.15) is 5.69 Å². The van der Waals surface area contributed by atoms with E-state index in [1.807, 2.05) is 25.6 Å². The lowest BCUT2D eigenvalue weighted by Crippen LogP contribution is -2.33. The van der Waals surface area contributed by atoms with Crippen molar-refractivity contribution >= 4 is 18.3 Å². The molecule has 1 atom stereocenters. The molecule has 3 heterocycles. The fourth-order valence-corrected chi connectivity index (χ4v) is 3.37. The van der Waals surface area contributed by atoms with E-state index < -0.39 is 0 Å². The van der Waals surface area contributed by atoms with Crippen LogP contribution in [0, 0.1) is 19.8 Å². The molecule has 1 amide bonds. The molecular formula is C17H27ClN6O. The van der Waals surface area contributed by atoms with Crippen LogP contribution in [-0.4, -0.2) is 45.5 Å². The molecule has 1 aliphatic rings. The van der Waals surface area contributed by atoms with Gasteiger partial charge in [0.05, 0.1) is 11.4 Å². The molecule has 3 rings (SSSR count). The fourth-order valence-electron chi connectivity index (χ4n) is 3.37. The monoisotopic (exact) mass is 366 g/mol. The first-order valence-electron chi connectivity index (χ1n) is 8.61. The fraction of sp³-hybridized carbons (Fsp3) is 0.588. The summed E-state index contributed by atoms with van der Waals surface area (Å²) >= 11 is 0. The van der Waals surface area contributed by atoms with Crippen LogP contribution in [0.4, 0.5) is 0 Å². The molecule has 1 saturated heterocycles. The van der Waals surface area contributed by atoms with E-state index in [1.165, 1.54) is 12.8 Å². The molecule has 138 valence electrons. The van der Waals surface area contributed by atoms with Crippen molar-refractivity contribution in [1.82, 2.24) is 30.6 Å². The van der Waals surface area contributed by atoms with E-state index in [0.717, 1.165) is 42.2 Å². The number of aryl methyl sites for hydroxylation is 2. The summed E-state index contributed by atoms with van der Waals surface area (Å²) in [7, 11) is 1.91. The summed E-state index contributed by atoms with van der Waals surface area (Å²) in [5.74, 6) is 0.564. The molecule has 3 N–H and O–H groups in total. The molecular weight excluding hydrogens is 340 g/mol. The molecule has 0 bridgehead atoms. The van der Waals surface area contributed by atoms with Crippen LogP contribution in [0.2, 0.25) is 0 Å². The number of amides is 1. The van der Waals surface area contributed by atoms with E-state index >= 15 is 0 Å². The predicted molar refractivity (Wildman–Crippen MR) is 100 cm³/mol. The molecule has 1 unspecified atom stereocenters. The number of hydrogen-bond donors (Lipinski definition) is 3. The molecule has 2 aromatic heterocycles. The van der Waals surface area contributed by atoms with Crippen LogP contribution in [0.1, 0.15) is 41.1 Å². The van der Waals surface area contributed by atoms with E-state index in [0.29, 0.717) is 18.2 Å². The van der Waals surface area contributed by atoms with Crippen molar-refractivity contribution in [3.63, 3.8) is 0 Å². The first kappa shape index (κ1) is 19.5. The molecule has 8 heteroatoms. The van der Waals surface area contributed by atoms with Crippen LogP contribution < -0.4 is 10.6 Å². The Labute approximate surface area is 154 Å². The molecule has 0 aliphatic carbocycles. The number of aromatic nitrogens is 4. The highest BCUT2D eigenvalue weighted by Gasteiger charge is 2.18. The third kappa shape index (κ3) is 4.41. The highest BCUT2D eigenvalue weighted by Crippen LogP contribution is 2.25. The first-order chi connectivity index (χ1) is 11.6. The van der Waals surface area contributed by atoms with Crippen molar-refractivity contribution in [1.29, 1.82) is 0 Å². The Morgan fingerprint density at radius 1 is 1.44 bits per heavy atom. The largest absolute Gasteiger partial charge is 0.351 e. The summed E-state index contributed by atoms with van der Waals surface area (Å²) in [6.45, 7) is 6.83. The van der Waals surface area contributed by atoms with Gasteiger partial charge in [-0.05, 0) is 58.2 Å². The summed E-state index contributed by atoms with van der Waals surface area (Å²) in [6, 6.07) is 1.80. The molecule has 0 radical (unpaired) electrons. The molecule has 0 aromatic carbocycles. The Morgan fingerprint density at radius 2 is 2.24 bits per heavy atom. The van der Waals surface area contributed by atoms with Gasteiger partial charge >= 0.3 is 0 Å². The lowest BCUT2D eigenvalue weighted by Gasteiger charge is -2.22. The summed E-state index contributed by atoms with van der Waals surface area (Å²) < 4.78 is 1.83. The normalized spacial score (nSPS) is 17.2. The molecule has 7 nitrogen and oxygen atoms in total. The number of hydrogen-bond acceptors (Lipinski definition) is 4. The second-order valence-electron chi connectivity index (χ2n) is 6.59. The smallest absolute Gasteiger partial charge is 0.269 e. The van der Waals surface area contributed by atoms with E-state index in [-0.39, 0.29) is 18.3 Å². The van der Waals surface area contributed by atoms with E-state index in [2.05, 4.69) is 25.9 Å². The topological polar surface area (TPSA) is 87.6 Å². The molecule has 0 spiro atoms. The zero-order valence-corrected chi connectivity index (χ0v) is 15.9. The number of piperidine rings is 1. The Hall–Kier alpha value is -1.86. The minimum absolute atomic E-state index is 0. The zero-order chi connectivity index (χ0) is 17.1. The third-order valence-corrected chi connectivity index (χ3v) is 4.82. The van der Waals surface area contributed by atoms with Gasteiger partial charge in [-0.3, -0.25) is 14.6 Å². The van der Waals surface area contributed by atoms with Crippen LogP contribution in [0.15, 0.2) is 6.07 Å². The Bertz CT molecular complexity index is 717. The SMILES string of the molecule is Cc1nn(C)c(C)c1-c1cc(C(=O)NCCC2CCCNC2)[nH]n1.Cl. The zero-order valence-electron chi connectivity index (χ0n) is 15.1. The number of halogens is 1. The lowest BCUT2D eigenvalue weighted by atomic mass is 9.96. The number of rotatable bonds is 5. The highest BCUT2D eigenvalue weighted by atomic mass is 35.5. The summed E-state index contributed by atoms with van der Waals surface area (Å²) in [6.07, 6.45) is 3.49. The van der Waals surface area contributed by atoms with Crippen LogP contribution in [0.25, 0.3) is 11.3 Å². The van der Waals surface area contributed by atoms with Crippen molar-refractivity contribution < 1.29 is 4.79 Å². The van der Waals surface area contributed by atoms with Crippen LogP contribution in [0.3, 0.4) is 0 Å². The summed E-state index contributed by atoms with van der Waals surface area (Å²) in [5, 5.41) is 17.9. The average molecular weight is 367 g/mol. The van der Waals surface area contributed by atoms with Gasteiger partial charge in [0.15, 0.2) is 0 Å². The van der Waals surface area contributed by atoms with E-state index in [9.17, 15) is 4.79 Å². The molecule has 25 heavy (non-hydrogen) atoms. The second kappa shape index (κ2) is 8.49. The van der Waals surface area contributed by atoms with Crippen molar-refractivity contribution in [3.05, 3.63) is 23.1 Å². The van der Waals surface area contributed by atoms with Crippen LogP contribution in [0.5, 0.6) is 0 Å². The van der Waals surface area contributed by atoms with E-state index in [1.54, 1.807) is 6.07 Å². The van der Waals surface area contributed by atoms with Crippen molar-refractivity contribution in [2.45, 2.75) is 33.1 Å². The minimum atomic E-state index is -0.100. The van der Waals surface area contributed by atoms with Crippen molar-refractivity contribution in [2.24, 2.45) is 13.0 Å². The molecule has 1 fully saturated rings. The number of nitrogens with one attached hydrogen (secondary N) is 3. The van der Waals surface area contributed by atoms with Gasteiger partial charge in [0.2, 0.25) is 0 Å². The maximum absolute atomic E-state index is 12.3. The van der Waals surface area contributed by atoms with Crippen molar-refractivity contribution in [3.8, 4) is 11.3 Å². The summed E-state index contributed by atoms with van der Waals surface area (Å²) in [4.78, 5) is 12.3. The number of nitrogens with zero attached hydrogens (tertiary/aromatic N) is 3. The van der Waals surface area contributed by atoms with E-state index in [4.69, 9.17) is 0 Å². The Morgan fingerprint density at radius 3 is 2.88 bits per heavy atom. The number of H-pyrrole nitrogens is 1. The van der Waals surface area contributed by atoms with Gasteiger partial charge in [-0.1, -0.05) is 0 Å². The summed E-state index contributed by atoms with van der Waals surface area (Å²) in [5.41, 5.74) is 4.20. The number of aromatic amines is 1. The second-order valence-corrected chi connectivity index (χ2v) is 6.59. The Kier molecular flexibility index (Phi) is 6.61. The van der Waals surface area contributed by atoms with Gasteiger partial charge < -0.3 is 10.6 Å². The first-order valence-corrected chi connectivity index (χ1v) is 8.61. The number of carbonyl (C=O) groups is 1. The average Bonchev–Trinajstić information content (AvgIpc) is 3.14. The highest BCUT2D eigenvalue weighted by molar-refractivity contribution is 5.93. The van der Waals surface area contributed by atoms with Gasteiger partial charge in [0, 0.05) is 24.8 Å². The van der Waals surface area contributed by atoms with Crippen molar-refractivity contribution in [2.75, 3.05) is 19.6 Å². The standard InChI is InChI=1S/C17H26N6O.ClH/c1-11-16(12(2)23(3)22-11)14-9-15(21-20-14)17(24)19-8-6-13-5-4-7-18-10-13;/h9,13,18H,4-8,10H2,1-3H3,(H,19,24)(H,20,21);1H. The predicted octanol–water partition coefficient (Wildman–Crippen LogP) is 1.97. The van der Waals surface area contributed by atoms with Gasteiger partial charge in [-0.15, -0.1) is 12.4 Å². The van der Waals surface area contributed by atoms with Gasteiger partial charge in [0.25, 0.3) is 5.91 Å². The number of carbonyl (C=O) groups excluding carboxylic acids is 1. The van der Waals surface area contributed by atoms with Gasteiger partial charge in [-0.25, -0.2) is 0 Å². The quantitative estimate of drug-likeness (QED) is 0.755. The van der Waals surface area contributed by atoms with Crippen LogP contribution >= 0.6 is 12.4 Å². The maximum atomic E-state index is 12.3. The Balaban J connectivity index is 0.00000225. The third-order valence-electron chi connectivity index (χ3n) is 4.82. The maximum Gasteiger partial charge on any atom is 0.269 e. The lowest BCUT2D eigenvalue weighted by molar-refractivity contribution is 0.0945. The molecule has 2 aromatic rings. The van der Waals surface area contributed by atoms with Crippen LogP contribution in [-0.2, 0) is 7.05 Å². The van der Waals surface area contributed by atoms with Gasteiger partial charge in [-0.2, -0.15) is 10.2 Å². The minimum Gasteiger partial charge on any atom is -0.351 e.